The molecule has 1 aliphatic carbocycles. The summed E-state index contributed by atoms with van der Waals surface area (Å²) < 4.78 is 0. The van der Waals surface area contributed by atoms with E-state index in [9.17, 15) is 0 Å². The van der Waals surface area contributed by atoms with Gasteiger partial charge in [0.15, 0.2) is 0 Å². The summed E-state index contributed by atoms with van der Waals surface area (Å²) in [4.78, 5) is 5.86. The Kier molecular flexibility index (Phi) is 2.99. The molecule has 72 valence electrons. The minimum absolute atomic E-state index is 0.779. The van der Waals surface area contributed by atoms with E-state index in [-0.39, 0.29) is 0 Å². The van der Waals surface area contributed by atoms with E-state index < -0.39 is 0 Å². The molecular weight excluding hydrogens is 178 g/mol. The van der Waals surface area contributed by atoms with Crippen molar-refractivity contribution in [2.24, 2.45) is 0 Å². The van der Waals surface area contributed by atoms with Gasteiger partial charge in [0.05, 0.1) is 5.01 Å². The van der Waals surface area contributed by atoms with Gasteiger partial charge in [0.2, 0.25) is 0 Å². The van der Waals surface area contributed by atoms with Crippen LogP contribution in [0.25, 0.3) is 0 Å². The molecule has 2 heteroatoms. The molecule has 0 bridgehead atoms. The van der Waals surface area contributed by atoms with Crippen LogP contribution in [-0.2, 0) is 0 Å². The summed E-state index contributed by atoms with van der Waals surface area (Å²) in [5.74, 6) is 0.779. The number of rotatable bonds is 1. The average molecular weight is 195 g/mol. The summed E-state index contributed by atoms with van der Waals surface area (Å²) in [6, 6.07) is 0. The van der Waals surface area contributed by atoms with Gasteiger partial charge in [-0.1, -0.05) is 25.7 Å². The summed E-state index contributed by atoms with van der Waals surface area (Å²) in [5, 5.41) is 1.39. The van der Waals surface area contributed by atoms with Crippen molar-refractivity contribution in [3.05, 3.63) is 16.1 Å². The van der Waals surface area contributed by atoms with E-state index >= 15 is 0 Å². The highest BCUT2D eigenvalue weighted by atomic mass is 32.1. The molecule has 1 saturated carbocycles. The Bertz CT molecular complexity index is 259. The first-order valence-electron chi connectivity index (χ1n) is 5.28. The molecule has 0 aliphatic heterocycles. The van der Waals surface area contributed by atoms with Crippen LogP contribution >= 0.6 is 11.3 Å². The standard InChI is InChI=1S/C11H17NS/c1-9-8-12-11(13-9)10-6-4-2-3-5-7-10/h8,10H,2-7H2,1H3. The molecule has 2 rings (SSSR count). The predicted octanol–water partition coefficient (Wildman–Crippen LogP) is 3.89. The highest BCUT2D eigenvalue weighted by Crippen LogP contribution is 2.33. The van der Waals surface area contributed by atoms with Crippen LogP contribution in [0.5, 0.6) is 0 Å². The van der Waals surface area contributed by atoms with Gasteiger partial charge in [0.1, 0.15) is 0 Å². The molecule has 13 heavy (non-hydrogen) atoms. The second-order valence-corrected chi connectivity index (χ2v) is 5.26. The molecule has 1 nitrogen and oxygen atoms in total. The number of hydrogen-bond donors (Lipinski definition) is 0. The summed E-state index contributed by atoms with van der Waals surface area (Å²) in [6.07, 6.45) is 10.4. The minimum Gasteiger partial charge on any atom is -0.249 e. The van der Waals surface area contributed by atoms with Gasteiger partial charge in [-0.05, 0) is 19.8 Å². The number of hydrogen-bond acceptors (Lipinski definition) is 2. The number of nitrogens with zero attached hydrogens (tertiary/aromatic N) is 1. The number of aryl methyl sites for hydroxylation is 1. The van der Waals surface area contributed by atoms with Crippen molar-refractivity contribution in [3.8, 4) is 0 Å². The van der Waals surface area contributed by atoms with Gasteiger partial charge in [-0.15, -0.1) is 11.3 Å². The molecule has 1 aromatic rings. The van der Waals surface area contributed by atoms with E-state index in [2.05, 4.69) is 11.9 Å². The largest absolute Gasteiger partial charge is 0.249 e. The van der Waals surface area contributed by atoms with Crippen LogP contribution < -0.4 is 0 Å². The Morgan fingerprint density at radius 3 is 2.46 bits per heavy atom. The first kappa shape index (κ1) is 9.20. The molecule has 0 N–H and O–H groups in total. The monoisotopic (exact) mass is 195 g/mol. The van der Waals surface area contributed by atoms with Gasteiger partial charge in [-0.25, -0.2) is 4.98 Å². The molecule has 1 aromatic heterocycles. The average Bonchev–Trinajstić information content (AvgIpc) is 2.43. The second kappa shape index (κ2) is 4.23. The highest BCUT2D eigenvalue weighted by Gasteiger charge is 2.16. The molecule has 1 aliphatic rings. The lowest BCUT2D eigenvalue weighted by molar-refractivity contribution is 0.589. The van der Waals surface area contributed by atoms with Crippen molar-refractivity contribution >= 4 is 11.3 Å². The highest BCUT2D eigenvalue weighted by molar-refractivity contribution is 7.11. The zero-order chi connectivity index (χ0) is 9.10. The van der Waals surface area contributed by atoms with Crippen molar-refractivity contribution in [1.82, 2.24) is 4.98 Å². The Hall–Kier alpha value is -0.370. The molecule has 1 fully saturated rings. The Labute approximate surface area is 84.2 Å². The topological polar surface area (TPSA) is 12.9 Å². The van der Waals surface area contributed by atoms with Crippen molar-refractivity contribution in [2.75, 3.05) is 0 Å². The van der Waals surface area contributed by atoms with Gasteiger partial charge < -0.3 is 0 Å². The van der Waals surface area contributed by atoms with E-state index in [1.54, 1.807) is 0 Å². The summed E-state index contributed by atoms with van der Waals surface area (Å²) in [6.45, 7) is 2.15. The van der Waals surface area contributed by atoms with E-state index in [0.29, 0.717) is 0 Å². The quantitative estimate of drug-likeness (QED) is 0.619. The van der Waals surface area contributed by atoms with Crippen LogP contribution in [0.3, 0.4) is 0 Å². The van der Waals surface area contributed by atoms with Crippen molar-refractivity contribution in [2.45, 2.75) is 51.4 Å². The molecule has 0 radical (unpaired) electrons. The lowest BCUT2D eigenvalue weighted by atomic mass is 10.0. The maximum Gasteiger partial charge on any atom is 0.0958 e. The van der Waals surface area contributed by atoms with Crippen LogP contribution in [0.2, 0.25) is 0 Å². The van der Waals surface area contributed by atoms with Crippen LogP contribution in [0, 0.1) is 6.92 Å². The lowest BCUT2D eigenvalue weighted by Gasteiger charge is -2.09. The predicted molar refractivity (Wildman–Crippen MR) is 57.3 cm³/mol. The van der Waals surface area contributed by atoms with Crippen LogP contribution in [-0.4, -0.2) is 4.98 Å². The zero-order valence-corrected chi connectivity index (χ0v) is 9.07. The minimum atomic E-state index is 0.779. The van der Waals surface area contributed by atoms with Crippen LogP contribution in [0.1, 0.15) is 54.3 Å². The first-order chi connectivity index (χ1) is 6.36. The molecular formula is C11H17NS. The van der Waals surface area contributed by atoms with Crippen LogP contribution in [0.4, 0.5) is 0 Å². The van der Waals surface area contributed by atoms with E-state index in [1.807, 2.05) is 17.5 Å². The van der Waals surface area contributed by atoms with Crippen molar-refractivity contribution < 1.29 is 0 Å². The molecule has 0 aromatic carbocycles. The zero-order valence-electron chi connectivity index (χ0n) is 8.25. The van der Waals surface area contributed by atoms with Gasteiger partial charge in [0, 0.05) is 17.0 Å². The molecule has 0 amide bonds. The molecule has 1 heterocycles. The first-order valence-corrected chi connectivity index (χ1v) is 6.10. The van der Waals surface area contributed by atoms with Gasteiger partial charge in [-0.3, -0.25) is 0 Å². The maximum absolute atomic E-state index is 4.50. The smallest absolute Gasteiger partial charge is 0.0958 e. The van der Waals surface area contributed by atoms with Crippen molar-refractivity contribution in [1.29, 1.82) is 0 Å². The van der Waals surface area contributed by atoms with Crippen LogP contribution in [0.15, 0.2) is 6.20 Å². The Morgan fingerprint density at radius 1 is 1.23 bits per heavy atom. The van der Waals surface area contributed by atoms with E-state index in [0.717, 1.165) is 5.92 Å². The SMILES string of the molecule is Cc1cnc(C2CCCCCC2)s1. The Morgan fingerprint density at radius 2 is 1.92 bits per heavy atom. The van der Waals surface area contributed by atoms with Gasteiger partial charge in [-0.2, -0.15) is 0 Å². The molecule has 0 spiro atoms. The second-order valence-electron chi connectivity index (χ2n) is 4.00. The summed E-state index contributed by atoms with van der Waals surface area (Å²) >= 11 is 1.89. The Balaban J connectivity index is 2.06. The normalized spacial score (nSPS) is 20.1. The third-order valence-electron chi connectivity index (χ3n) is 2.84. The van der Waals surface area contributed by atoms with E-state index in [4.69, 9.17) is 0 Å². The lowest BCUT2D eigenvalue weighted by Crippen LogP contribution is -1.95. The van der Waals surface area contributed by atoms with Crippen molar-refractivity contribution in [3.63, 3.8) is 0 Å². The fraction of sp³-hybridized carbons (Fsp3) is 0.727. The van der Waals surface area contributed by atoms with Gasteiger partial charge >= 0.3 is 0 Å². The molecule has 0 unspecified atom stereocenters. The summed E-state index contributed by atoms with van der Waals surface area (Å²) in [7, 11) is 0. The molecule has 0 atom stereocenters. The third kappa shape index (κ3) is 2.31. The molecule has 0 saturated heterocycles. The number of aromatic nitrogens is 1. The summed E-state index contributed by atoms with van der Waals surface area (Å²) in [5.41, 5.74) is 0. The fourth-order valence-electron chi connectivity index (χ4n) is 2.09. The number of thiazole rings is 1. The van der Waals surface area contributed by atoms with E-state index in [1.165, 1.54) is 48.4 Å². The fourth-order valence-corrected chi connectivity index (χ4v) is 3.03. The third-order valence-corrected chi connectivity index (χ3v) is 3.92. The maximum atomic E-state index is 4.50. The van der Waals surface area contributed by atoms with Gasteiger partial charge in [0.25, 0.3) is 0 Å².